The van der Waals surface area contributed by atoms with E-state index in [-0.39, 0.29) is 46.9 Å². The summed E-state index contributed by atoms with van der Waals surface area (Å²) >= 11 is 0. The summed E-state index contributed by atoms with van der Waals surface area (Å²) < 4.78 is 151. The van der Waals surface area contributed by atoms with Gasteiger partial charge in [-0.1, -0.05) is 159 Å². The lowest BCUT2D eigenvalue weighted by molar-refractivity contribution is 0.308. The molecule has 0 bridgehead atoms. The summed E-state index contributed by atoms with van der Waals surface area (Å²) in [7, 11) is 0. The quantitative estimate of drug-likeness (QED) is 0.133. The Morgan fingerprint density at radius 1 is 0.180 bits per heavy atom. The average molecular weight is 1390 g/mol. The van der Waals surface area contributed by atoms with E-state index in [0.29, 0.717) is 44.5 Å². The Kier molecular flexibility index (Phi) is 41.0. The highest BCUT2D eigenvalue weighted by atomic mass is 19.2. The molecule has 11 rings (SSSR count). The molecule has 1 aliphatic carbocycles. The average Bonchev–Trinajstić information content (AvgIpc) is 0.910. The van der Waals surface area contributed by atoms with Gasteiger partial charge in [0.1, 0.15) is 69.8 Å². The molecule has 0 atom stereocenters. The molecule has 10 aromatic carbocycles. The summed E-state index contributed by atoms with van der Waals surface area (Å²) in [5, 5.41) is 0. The van der Waals surface area contributed by atoms with Gasteiger partial charge in [0.25, 0.3) is 0 Å². The molecule has 12 heteroatoms. The van der Waals surface area contributed by atoms with Gasteiger partial charge in [-0.25, -0.2) is 52.7 Å². The number of rotatable bonds is 0. The van der Waals surface area contributed by atoms with Crippen molar-refractivity contribution in [3.63, 3.8) is 0 Å². The smallest absolute Gasteiger partial charge is 0.129 e. The number of hydrogen-bond acceptors (Lipinski definition) is 0. The molecule has 0 saturated heterocycles. The van der Waals surface area contributed by atoms with Gasteiger partial charge in [0.2, 0.25) is 0 Å². The van der Waals surface area contributed by atoms with Crippen LogP contribution >= 0.6 is 0 Å². The van der Waals surface area contributed by atoms with Crippen molar-refractivity contribution in [3.8, 4) is 0 Å². The Balaban J connectivity index is 0.00000109. The number of aryl methyl sites for hydroxylation is 16. The maximum Gasteiger partial charge on any atom is 0.129 e. The van der Waals surface area contributed by atoms with Crippen molar-refractivity contribution in [2.24, 2.45) is 11.8 Å². The summed E-state index contributed by atoms with van der Waals surface area (Å²) in [6.45, 7) is 40.0. The predicted octanol–water partition coefficient (Wildman–Crippen LogP) is 27.8. The van der Waals surface area contributed by atoms with Crippen LogP contribution in [0.25, 0.3) is 0 Å². The van der Waals surface area contributed by atoms with Gasteiger partial charge in [0.05, 0.1) is 0 Å². The SMILES string of the molecule is CC1CCC(C)CC1.Cc1cc(F)c(C)c(F)c1.Cc1cc(F)c(C)c(F)c1.Cc1cc(F)c(C)c(F)c1.Cc1cc(F)c(C)c(F)c1.Cc1ccc(C)c(F)c1.Cc1ccc(C)c(F)c1.Cc1ccc(C)c(F)c1.Cc1ccc(C)c(F)c1.Cc1ccc(C)cc1.Cc1ccc(C)cc1.[HH]. The summed E-state index contributed by atoms with van der Waals surface area (Å²) in [4.78, 5) is 0. The summed E-state index contributed by atoms with van der Waals surface area (Å²) in [5.74, 6) is -2.22. The zero-order valence-electron chi connectivity index (χ0n) is 62.7. The van der Waals surface area contributed by atoms with Crippen LogP contribution in [0.4, 0.5) is 52.7 Å². The standard InChI is InChI=1S/4C8H8F2.4C8H9F.C8H16.2C8H10.H2/c4*1-5-3-7(9)6(2)8(10)4-5;4*1-6-3-4-7(2)8(9)5-6;3*1-7-3-5-8(2)6-4-7;/h4*3-4H,1-2H3;4*3-5H,1-2H3;7-8H,3-6H2,1-2H3;2*3-6H,1-2H3;1H. The van der Waals surface area contributed by atoms with Gasteiger partial charge < -0.3 is 0 Å². The second-order valence-corrected chi connectivity index (χ2v) is 26.1. The Labute approximate surface area is 592 Å². The molecule has 0 spiro atoms. The molecule has 0 nitrogen and oxygen atoms in total. The van der Waals surface area contributed by atoms with E-state index in [0.717, 1.165) is 34.1 Å². The lowest BCUT2D eigenvalue weighted by Crippen LogP contribution is -2.08. The molecule has 1 saturated carbocycles. The van der Waals surface area contributed by atoms with Gasteiger partial charge in [-0.2, -0.15) is 0 Å². The van der Waals surface area contributed by atoms with E-state index in [9.17, 15) is 52.7 Å². The molecule has 0 amide bonds. The van der Waals surface area contributed by atoms with Gasteiger partial charge in [-0.05, 0) is 290 Å². The van der Waals surface area contributed by atoms with E-state index >= 15 is 0 Å². The second kappa shape index (κ2) is 45.9. The van der Waals surface area contributed by atoms with E-state index < -0.39 is 46.5 Å². The Morgan fingerprint density at radius 2 is 0.300 bits per heavy atom. The van der Waals surface area contributed by atoms with Gasteiger partial charge in [0, 0.05) is 23.7 Å². The van der Waals surface area contributed by atoms with E-state index in [1.807, 2.05) is 52.0 Å². The molecule has 1 fully saturated rings. The van der Waals surface area contributed by atoms with Crippen molar-refractivity contribution in [2.75, 3.05) is 0 Å². The zero-order valence-corrected chi connectivity index (χ0v) is 62.7. The molecule has 0 aromatic heterocycles. The van der Waals surface area contributed by atoms with Crippen molar-refractivity contribution in [3.05, 3.63) is 351 Å². The summed E-state index contributed by atoms with van der Waals surface area (Å²) in [5.41, 5.74) is 14.8. The molecular weight excluding hydrogens is 1280 g/mol. The first-order valence-corrected chi connectivity index (χ1v) is 33.3. The van der Waals surface area contributed by atoms with Crippen LogP contribution in [0, 0.1) is 220 Å². The highest BCUT2D eigenvalue weighted by Crippen LogP contribution is 2.27. The normalized spacial score (nSPS) is 12.1. The van der Waals surface area contributed by atoms with Crippen molar-refractivity contribution in [2.45, 2.75) is 178 Å². The fourth-order valence-electron chi connectivity index (χ4n) is 8.58. The molecule has 0 unspecified atom stereocenters. The molecule has 1 aliphatic rings. The zero-order chi connectivity index (χ0) is 76.3. The molecule has 0 N–H and O–H groups in total. The lowest BCUT2D eigenvalue weighted by Gasteiger charge is -2.22. The fraction of sp³-hybridized carbons (Fsp3) is 0.318. The fourth-order valence-corrected chi connectivity index (χ4v) is 8.58. The Bertz CT molecular complexity index is 3470. The first-order valence-electron chi connectivity index (χ1n) is 33.3. The van der Waals surface area contributed by atoms with Crippen LogP contribution in [-0.4, -0.2) is 0 Å². The maximum absolute atomic E-state index is 12.6. The number of benzene rings is 10. The van der Waals surface area contributed by atoms with E-state index in [4.69, 9.17) is 0 Å². The minimum Gasteiger partial charge on any atom is -0.207 e. The monoisotopic (exact) mass is 1390 g/mol. The van der Waals surface area contributed by atoms with Crippen molar-refractivity contribution in [1.82, 2.24) is 0 Å². The molecular formula is C88H106F12. The third kappa shape index (κ3) is 37.0. The first kappa shape index (κ1) is 89.4. The molecule has 0 aliphatic heterocycles. The van der Waals surface area contributed by atoms with Gasteiger partial charge in [-0.15, -0.1) is 0 Å². The Morgan fingerprint density at radius 3 is 0.420 bits per heavy atom. The second-order valence-electron chi connectivity index (χ2n) is 26.1. The summed E-state index contributed by atoms with van der Waals surface area (Å²) in [6, 6.07) is 48.4. The van der Waals surface area contributed by atoms with Crippen LogP contribution in [-0.2, 0) is 0 Å². The molecule has 0 radical (unpaired) electrons. The van der Waals surface area contributed by atoms with E-state index in [2.05, 4.69) is 90.1 Å². The minimum atomic E-state index is -0.475. The largest absolute Gasteiger partial charge is 0.207 e. The molecule has 542 valence electrons. The third-order valence-corrected chi connectivity index (χ3v) is 15.8. The van der Waals surface area contributed by atoms with Crippen molar-refractivity contribution >= 4 is 0 Å². The van der Waals surface area contributed by atoms with Crippen LogP contribution in [0.1, 0.15) is 152 Å². The number of halogens is 12. The van der Waals surface area contributed by atoms with Crippen LogP contribution < -0.4 is 0 Å². The lowest BCUT2D eigenvalue weighted by atomic mass is 9.84. The van der Waals surface area contributed by atoms with Crippen LogP contribution in [0.5, 0.6) is 0 Å². The van der Waals surface area contributed by atoms with E-state index in [1.54, 1.807) is 79.7 Å². The molecule has 10 aromatic rings. The van der Waals surface area contributed by atoms with Crippen LogP contribution in [0.15, 0.2) is 170 Å². The van der Waals surface area contributed by atoms with Crippen LogP contribution in [0.3, 0.4) is 0 Å². The highest BCUT2D eigenvalue weighted by Gasteiger charge is 2.13. The van der Waals surface area contributed by atoms with Crippen molar-refractivity contribution in [1.29, 1.82) is 0 Å². The predicted molar refractivity (Wildman–Crippen MR) is 398 cm³/mol. The van der Waals surface area contributed by atoms with E-state index in [1.165, 1.54) is 148 Å². The topological polar surface area (TPSA) is 0 Å². The summed E-state index contributed by atoms with van der Waals surface area (Å²) in [6.07, 6.45) is 5.89. The first-order chi connectivity index (χ1) is 46.6. The maximum atomic E-state index is 12.6. The van der Waals surface area contributed by atoms with Crippen molar-refractivity contribution < 1.29 is 54.1 Å². The Hall–Kier alpha value is -8.64. The molecule has 100 heavy (non-hydrogen) atoms. The van der Waals surface area contributed by atoms with Gasteiger partial charge in [-0.3, -0.25) is 0 Å². The van der Waals surface area contributed by atoms with Crippen LogP contribution in [0.2, 0.25) is 0 Å². The minimum absolute atomic E-state index is 0. The highest BCUT2D eigenvalue weighted by molar-refractivity contribution is 5.29. The third-order valence-electron chi connectivity index (χ3n) is 15.8. The van der Waals surface area contributed by atoms with Gasteiger partial charge in [0.15, 0.2) is 0 Å². The van der Waals surface area contributed by atoms with Gasteiger partial charge >= 0.3 is 0 Å². The number of hydrogen-bond donors (Lipinski definition) is 0. The molecule has 0 heterocycles.